The maximum atomic E-state index is 13.8. The lowest BCUT2D eigenvalue weighted by molar-refractivity contribution is -0.385. The number of ether oxygens (including phenoxy) is 1. The number of rotatable bonds is 5. The molecule has 7 nitrogen and oxygen atoms in total. The summed E-state index contributed by atoms with van der Waals surface area (Å²) in [6, 6.07) is 3.57. The van der Waals surface area contributed by atoms with Crippen LogP contribution in [0.25, 0.3) is 0 Å². The Kier molecular flexibility index (Phi) is 4.27. The molecular weight excluding hydrogens is 279 g/mol. The largest absolute Gasteiger partial charge is 0.436 e. The Bertz CT molecular complexity index is 678. The van der Waals surface area contributed by atoms with Crippen molar-refractivity contribution in [1.29, 1.82) is 0 Å². The van der Waals surface area contributed by atoms with Gasteiger partial charge in [0, 0.05) is 24.4 Å². The van der Waals surface area contributed by atoms with Crippen molar-refractivity contribution < 1.29 is 14.1 Å². The number of nitro benzene ring substituents is 1. The summed E-state index contributed by atoms with van der Waals surface area (Å²) in [4.78, 5) is 18.1. The molecule has 2 rings (SSSR count). The van der Waals surface area contributed by atoms with E-state index in [1.54, 1.807) is 0 Å². The zero-order valence-electron chi connectivity index (χ0n) is 11.5. The SMILES string of the molecule is CCNc1nccc(Oc2cc(C)c([N+](=O)[O-])cc2F)n1. The van der Waals surface area contributed by atoms with E-state index in [1.165, 1.54) is 25.3 Å². The molecule has 0 bridgehead atoms. The number of aromatic nitrogens is 2. The lowest BCUT2D eigenvalue weighted by Gasteiger charge is -2.08. The molecule has 0 aliphatic heterocycles. The molecule has 0 radical (unpaired) electrons. The quantitative estimate of drug-likeness (QED) is 0.672. The number of nitrogens with one attached hydrogen (secondary N) is 1. The van der Waals surface area contributed by atoms with E-state index in [4.69, 9.17) is 4.74 Å². The number of nitrogens with zero attached hydrogens (tertiary/aromatic N) is 3. The summed E-state index contributed by atoms with van der Waals surface area (Å²) in [5.74, 6) is -0.447. The van der Waals surface area contributed by atoms with E-state index in [0.717, 1.165) is 6.07 Å². The fourth-order valence-electron chi connectivity index (χ4n) is 1.67. The van der Waals surface area contributed by atoms with Gasteiger partial charge < -0.3 is 10.1 Å². The van der Waals surface area contributed by atoms with Crippen molar-refractivity contribution in [2.45, 2.75) is 13.8 Å². The smallest absolute Gasteiger partial charge is 0.275 e. The third-order valence-electron chi connectivity index (χ3n) is 2.63. The number of aryl methyl sites for hydroxylation is 1. The Morgan fingerprint density at radius 1 is 1.48 bits per heavy atom. The summed E-state index contributed by atoms with van der Waals surface area (Å²) < 4.78 is 19.2. The third-order valence-corrected chi connectivity index (χ3v) is 2.63. The highest BCUT2D eigenvalue weighted by Crippen LogP contribution is 2.29. The second kappa shape index (κ2) is 6.12. The minimum Gasteiger partial charge on any atom is -0.436 e. The van der Waals surface area contributed by atoms with Crippen LogP contribution in [0.4, 0.5) is 16.0 Å². The predicted molar refractivity (Wildman–Crippen MR) is 74.1 cm³/mol. The zero-order valence-corrected chi connectivity index (χ0v) is 11.5. The van der Waals surface area contributed by atoms with Crippen LogP contribution in [0.5, 0.6) is 11.6 Å². The first-order valence-electron chi connectivity index (χ1n) is 6.20. The van der Waals surface area contributed by atoms with Crippen LogP contribution in [0.3, 0.4) is 0 Å². The van der Waals surface area contributed by atoms with Crippen molar-refractivity contribution in [2.75, 3.05) is 11.9 Å². The topological polar surface area (TPSA) is 90.2 Å². The highest BCUT2D eigenvalue weighted by atomic mass is 19.1. The van der Waals surface area contributed by atoms with Crippen LogP contribution in [0.15, 0.2) is 24.4 Å². The Morgan fingerprint density at radius 3 is 2.90 bits per heavy atom. The van der Waals surface area contributed by atoms with E-state index in [2.05, 4.69) is 15.3 Å². The standard InChI is InChI=1S/C13H13FN4O3/c1-3-15-13-16-5-4-12(17-13)21-11-6-8(2)10(18(19)20)7-9(11)14/h4-7H,3H2,1-2H3,(H,15,16,17). The van der Waals surface area contributed by atoms with Crippen molar-refractivity contribution in [3.8, 4) is 11.6 Å². The van der Waals surface area contributed by atoms with Gasteiger partial charge in [0.1, 0.15) is 0 Å². The molecule has 1 N–H and O–H groups in total. The average Bonchev–Trinajstić information content (AvgIpc) is 2.43. The monoisotopic (exact) mass is 292 g/mol. The fourth-order valence-corrected chi connectivity index (χ4v) is 1.67. The number of hydrogen-bond donors (Lipinski definition) is 1. The van der Waals surface area contributed by atoms with Gasteiger partial charge in [0.05, 0.1) is 11.0 Å². The molecule has 21 heavy (non-hydrogen) atoms. The van der Waals surface area contributed by atoms with Gasteiger partial charge in [-0.3, -0.25) is 10.1 Å². The molecule has 0 saturated heterocycles. The molecule has 0 saturated carbocycles. The normalized spacial score (nSPS) is 10.2. The van der Waals surface area contributed by atoms with Gasteiger partial charge in [-0.05, 0) is 19.9 Å². The number of anilines is 1. The maximum Gasteiger partial charge on any atom is 0.275 e. The van der Waals surface area contributed by atoms with Crippen LogP contribution in [-0.2, 0) is 0 Å². The second-order valence-corrected chi connectivity index (χ2v) is 4.18. The molecule has 2 aromatic rings. The Balaban J connectivity index is 2.29. The Hall–Kier alpha value is -2.77. The average molecular weight is 292 g/mol. The van der Waals surface area contributed by atoms with Crippen LogP contribution in [-0.4, -0.2) is 21.4 Å². The van der Waals surface area contributed by atoms with E-state index < -0.39 is 10.7 Å². The number of halogens is 1. The third kappa shape index (κ3) is 3.41. The molecule has 1 aromatic carbocycles. The van der Waals surface area contributed by atoms with E-state index in [1.807, 2.05) is 6.92 Å². The molecule has 110 valence electrons. The lowest BCUT2D eigenvalue weighted by atomic mass is 10.2. The summed E-state index contributed by atoms with van der Waals surface area (Å²) in [6.07, 6.45) is 1.47. The fraction of sp³-hybridized carbons (Fsp3) is 0.231. The molecule has 8 heteroatoms. The number of benzene rings is 1. The van der Waals surface area contributed by atoms with Gasteiger partial charge in [-0.1, -0.05) is 0 Å². The molecule has 0 unspecified atom stereocenters. The van der Waals surface area contributed by atoms with Crippen molar-refractivity contribution in [1.82, 2.24) is 9.97 Å². The molecule has 0 fully saturated rings. The predicted octanol–water partition coefficient (Wildman–Crippen LogP) is 3.06. The van der Waals surface area contributed by atoms with Crippen molar-refractivity contribution in [3.63, 3.8) is 0 Å². The number of nitro groups is 1. The first-order chi connectivity index (χ1) is 10.0. The van der Waals surface area contributed by atoms with Gasteiger partial charge in [0.25, 0.3) is 5.69 Å². The minimum atomic E-state index is -0.823. The van der Waals surface area contributed by atoms with Crippen molar-refractivity contribution in [3.05, 3.63) is 45.9 Å². The lowest BCUT2D eigenvalue weighted by Crippen LogP contribution is -2.02. The maximum absolute atomic E-state index is 13.8. The van der Waals surface area contributed by atoms with E-state index in [0.29, 0.717) is 18.1 Å². The minimum absolute atomic E-state index is 0.126. The van der Waals surface area contributed by atoms with Gasteiger partial charge in [0.15, 0.2) is 11.6 Å². The van der Waals surface area contributed by atoms with Crippen LogP contribution in [0.2, 0.25) is 0 Å². The summed E-state index contributed by atoms with van der Waals surface area (Å²) in [5.41, 5.74) is 0.00763. The zero-order chi connectivity index (χ0) is 15.4. The molecule has 0 atom stereocenters. The first-order valence-corrected chi connectivity index (χ1v) is 6.20. The van der Waals surface area contributed by atoms with Gasteiger partial charge in [-0.25, -0.2) is 9.37 Å². The molecular formula is C13H13FN4O3. The van der Waals surface area contributed by atoms with E-state index >= 15 is 0 Å². The van der Waals surface area contributed by atoms with Crippen LogP contribution in [0, 0.1) is 22.9 Å². The van der Waals surface area contributed by atoms with Crippen LogP contribution < -0.4 is 10.1 Å². The Morgan fingerprint density at radius 2 is 2.24 bits per heavy atom. The van der Waals surface area contributed by atoms with E-state index in [9.17, 15) is 14.5 Å². The molecule has 0 amide bonds. The van der Waals surface area contributed by atoms with Gasteiger partial charge in [-0.2, -0.15) is 4.98 Å². The highest BCUT2D eigenvalue weighted by molar-refractivity contribution is 5.46. The second-order valence-electron chi connectivity index (χ2n) is 4.18. The first kappa shape index (κ1) is 14.6. The Labute approximate surface area is 120 Å². The summed E-state index contributed by atoms with van der Waals surface area (Å²) in [5, 5.41) is 13.6. The van der Waals surface area contributed by atoms with E-state index in [-0.39, 0.29) is 17.3 Å². The van der Waals surface area contributed by atoms with Crippen molar-refractivity contribution in [2.24, 2.45) is 0 Å². The molecule has 0 spiro atoms. The van der Waals surface area contributed by atoms with Crippen LogP contribution in [0.1, 0.15) is 12.5 Å². The summed E-state index contributed by atoms with van der Waals surface area (Å²) in [7, 11) is 0. The summed E-state index contributed by atoms with van der Waals surface area (Å²) >= 11 is 0. The highest BCUT2D eigenvalue weighted by Gasteiger charge is 2.17. The number of hydrogen-bond acceptors (Lipinski definition) is 6. The molecule has 1 heterocycles. The molecule has 0 aliphatic carbocycles. The molecule has 1 aromatic heterocycles. The van der Waals surface area contributed by atoms with Crippen molar-refractivity contribution >= 4 is 11.6 Å². The van der Waals surface area contributed by atoms with Crippen LogP contribution >= 0.6 is 0 Å². The van der Waals surface area contributed by atoms with Gasteiger partial charge >= 0.3 is 0 Å². The molecule has 0 aliphatic rings. The summed E-state index contributed by atoms with van der Waals surface area (Å²) in [6.45, 7) is 4.03. The van der Waals surface area contributed by atoms with Gasteiger partial charge in [-0.15, -0.1) is 0 Å². The van der Waals surface area contributed by atoms with Gasteiger partial charge in [0.2, 0.25) is 11.8 Å².